The van der Waals surface area contributed by atoms with Crippen LogP contribution in [-0.4, -0.2) is 23.0 Å². The van der Waals surface area contributed by atoms with E-state index in [1.165, 1.54) is 43.6 Å². The van der Waals surface area contributed by atoms with Crippen molar-refractivity contribution in [2.45, 2.75) is 0 Å². The van der Waals surface area contributed by atoms with Crippen molar-refractivity contribution in [3.63, 3.8) is 0 Å². The lowest BCUT2D eigenvalue weighted by atomic mass is 10.2. The van der Waals surface area contributed by atoms with Crippen LogP contribution in [0.1, 0.15) is 10.4 Å². The average molecular weight is 274 g/mol. The van der Waals surface area contributed by atoms with E-state index in [4.69, 9.17) is 4.74 Å². The van der Waals surface area contributed by atoms with Gasteiger partial charge in [0.05, 0.1) is 17.6 Å². The molecule has 1 aromatic carbocycles. The molecule has 20 heavy (non-hydrogen) atoms. The topological polar surface area (TPSA) is 91.6 Å². The Kier molecular flexibility index (Phi) is 3.90. The van der Waals surface area contributed by atoms with Crippen molar-refractivity contribution in [1.82, 2.24) is 4.98 Å². The average Bonchev–Trinajstić information content (AvgIpc) is 2.47. The molecule has 0 spiro atoms. The highest BCUT2D eigenvalue weighted by Crippen LogP contribution is 2.29. The molecule has 0 amide bonds. The maximum atomic E-state index is 11.3. The highest BCUT2D eigenvalue weighted by Gasteiger charge is 2.15. The van der Waals surface area contributed by atoms with E-state index < -0.39 is 10.9 Å². The Morgan fingerprint density at radius 3 is 2.55 bits per heavy atom. The summed E-state index contributed by atoms with van der Waals surface area (Å²) in [6, 6.07) is 7.46. The largest absolute Gasteiger partial charge is 0.465 e. The molecule has 1 heterocycles. The van der Waals surface area contributed by atoms with Crippen LogP contribution in [-0.2, 0) is 4.74 Å². The Hall–Kier alpha value is -2.96. The normalized spacial score (nSPS) is 9.85. The van der Waals surface area contributed by atoms with Gasteiger partial charge in [0.2, 0.25) is 5.75 Å². The number of benzene rings is 1. The number of nitro groups is 1. The maximum absolute atomic E-state index is 11.3. The van der Waals surface area contributed by atoms with Crippen LogP contribution in [0, 0.1) is 10.1 Å². The fraction of sp³-hybridized carbons (Fsp3) is 0.0769. The van der Waals surface area contributed by atoms with Gasteiger partial charge in [0, 0.05) is 12.3 Å². The van der Waals surface area contributed by atoms with Gasteiger partial charge in [0.25, 0.3) is 0 Å². The molecule has 0 saturated heterocycles. The van der Waals surface area contributed by atoms with Crippen LogP contribution in [0.25, 0.3) is 0 Å². The quantitative estimate of drug-likeness (QED) is 0.483. The van der Waals surface area contributed by atoms with Crippen molar-refractivity contribution in [3.05, 3.63) is 58.4 Å². The van der Waals surface area contributed by atoms with Gasteiger partial charge in [-0.05, 0) is 24.3 Å². The van der Waals surface area contributed by atoms with Gasteiger partial charge >= 0.3 is 11.7 Å². The Bertz CT molecular complexity index is 639. The number of nitrogens with zero attached hydrogens (tertiary/aromatic N) is 2. The van der Waals surface area contributed by atoms with E-state index in [0.717, 1.165) is 6.20 Å². The van der Waals surface area contributed by atoms with Crippen LogP contribution in [0.3, 0.4) is 0 Å². The summed E-state index contributed by atoms with van der Waals surface area (Å²) in [7, 11) is 1.28. The fourth-order valence-electron chi connectivity index (χ4n) is 1.50. The molecule has 0 N–H and O–H groups in total. The number of esters is 1. The number of ether oxygens (including phenoxy) is 2. The smallest absolute Gasteiger partial charge is 0.337 e. The first kappa shape index (κ1) is 13.5. The van der Waals surface area contributed by atoms with Crippen molar-refractivity contribution in [2.24, 2.45) is 0 Å². The van der Waals surface area contributed by atoms with Crippen molar-refractivity contribution >= 4 is 11.7 Å². The molecule has 0 fully saturated rings. The molecule has 0 atom stereocenters. The van der Waals surface area contributed by atoms with Crippen molar-refractivity contribution in [3.8, 4) is 11.5 Å². The zero-order valence-electron chi connectivity index (χ0n) is 10.5. The van der Waals surface area contributed by atoms with Crippen LogP contribution >= 0.6 is 0 Å². The summed E-state index contributed by atoms with van der Waals surface area (Å²) < 4.78 is 9.97. The van der Waals surface area contributed by atoms with Gasteiger partial charge < -0.3 is 9.47 Å². The molecule has 1 aromatic heterocycles. The monoisotopic (exact) mass is 274 g/mol. The molecular formula is C13H10N2O5. The van der Waals surface area contributed by atoms with E-state index in [1.54, 1.807) is 0 Å². The third kappa shape index (κ3) is 2.89. The molecular weight excluding hydrogens is 264 g/mol. The van der Waals surface area contributed by atoms with Gasteiger partial charge in [-0.3, -0.25) is 15.1 Å². The number of hydrogen-bond acceptors (Lipinski definition) is 6. The van der Waals surface area contributed by atoms with Gasteiger partial charge in [-0.15, -0.1) is 0 Å². The maximum Gasteiger partial charge on any atom is 0.337 e. The molecule has 7 heteroatoms. The summed E-state index contributed by atoms with van der Waals surface area (Å²) in [4.78, 5) is 25.2. The summed E-state index contributed by atoms with van der Waals surface area (Å²) in [6.07, 6.45) is 2.50. The number of carbonyl (C=O) groups excluding carboxylic acids is 1. The molecule has 0 saturated carbocycles. The van der Waals surface area contributed by atoms with E-state index >= 15 is 0 Å². The number of aromatic nitrogens is 1. The van der Waals surface area contributed by atoms with E-state index in [2.05, 4.69) is 9.72 Å². The lowest BCUT2D eigenvalue weighted by molar-refractivity contribution is -0.386. The first-order valence-electron chi connectivity index (χ1n) is 5.56. The van der Waals surface area contributed by atoms with Crippen LogP contribution in [0.4, 0.5) is 5.69 Å². The summed E-state index contributed by atoms with van der Waals surface area (Å²) in [5.74, 6) is -0.0192. The molecule has 2 aromatic rings. The molecule has 0 radical (unpaired) electrons. The number of methoxy groups -OCH3 is 1. The van der Waals surface area contributed by atoms with Gasteiger partial charge in [0.15, 0.2) is 0 Å². The van der Waals surface area contributed by atoms with Crippen LogP contribution in [0.5, 0.6) is 11.5 Å². The lowest BCUT2D eigenvalue weighted by Gasteiger charge is -2.06. The third-order valence-corrected chi connectivity index (χ3v) is 2.46. The molecule has 2 rings (SSSR count). The highest BCUT2D eigenvalue weighted by molar-refractivity contribution is 5.89. The molecule has 102 valence electrons. The molecule has 0 unspecified atom stereocenters. The first-order chi connectivity index (χ1) is 9.61. The lowest BCUT2D eigenvalue weighted by Crippen LogP contribution is -2.00. The molecule has 0 aliphatic rings. The Balaban J connectivity index is 2.23. The van der Waals surface area contributed by atoms with Crippen molar-refractivity contribution < 1.29 is 19.2 Å². The third-order valence-electron chi connectivity index (χ3n) is 2.46. The Morgan fingerprint density at radius 1 is 1.25 bits per heavy atom. The molecule has 0 bridgehead atoms. The van der Waals surface area contributed by atoms with E-state index in [0.29, 0.717) is 11.3 Å². The molecule has 7 nitrogen and oxygen atoms in total. The number of pyridine rings is 1. The van der Waals surface area contributed by atoms with Crippen LogP contribution < -0.4 is 4.74 Å². The minimum atomic E-state index is -0.578. The summed E-state index contributed by atoms with van der Waals surface area (Å²) >= 11 is 0. The molecule has 0 aliphatic heterocycles. The summed E-state index contributed by atoms with van der Waals surface area (Å²) in [5, 5.41) is 10.8. The van der Waals surface area contributed by atoms with Gasteiger partial charge in [-0.2, -0.15) is 0 Å². The van der Waals surface area contributed by atoms with E-state index in [1.807, 2.05) is 0 Å². The van der Waals surface area contributed by atoms with Gasteiger partial charge in [0.1, 0.15) is 11.9 Å². The van der Waals surface area contributed by atoms with Crippen molar-refractivity contribution in [2.75, 3.05) is 7.11 Å². The van der Waals surface area contributed by atoms with E-state index in [-0.39, 0.29) is 11.4 Å². The second-order valence-corrected chi connectivity index (χ2v) is 3.72. The van der Waals surface area contributed by atoms with Crippen LogP contribution in [0.2, 0.25) is 0 Å². The zero-order chi connectivity index (χ0) is 14.5. The minimum Gasteiger partial charge on any atom is -0.465 e. The van der Waals surface area contributed by atoms with Gasteiger partial charge in [-0.25, -0.2) is 4.79 Å². The first-order valence-corrected chi connectivity index (χ1v) is 5.56. The van der Waals surface area contributed by atoms with Crippen LogP contribution in [0.15, 0.2) is 42.7 Å². The van der Waals surface area contributed by atoms with Crippen molar-refractivity contribution in [1.29, 1.82) is 0 Å². The fourth-order valence-corrected chi connectivity index (χ4v) is 1.50. The number of carbonyl (C=O) groups is 1. The SMILES string of the molecule is COC(=O)c1ccc(Oc2ccncc2[N+](=O)[O-])cc1. The predicted octanol–water partition coefficient (Wildman–Crippen LogP) is 2.57. The second-order valence-electron chi connectivity index (χ2n) is 3.72. The summed E-state index contributed by atoms with van der Waals surface area (Å²) in [5.41, 5.74) is 0.133. The Morgan fingerprint density at radius 2 is 1.95 bits per heavy atom. The van der Waals surface area contributed by atoms with Gasteiger partial charge in [-0.1, -0.05) is 0 Å². The minimum absolute atomic E-state index is 0.0795. The second kappa shape index (κ2) is 5.79. The summed E-state index contributed by atoms with van der Waals surface area (Å²) in [6.45, 7) is 0. The number of rotatable bonds is 4. The number of hydrogen-bond donors (Lipinski definition) is 0. The Labute approximate surface area is 113 Å². The molecule has 0 aliphatic carbocycles. The standard InChI is InChI=1S/C13H10N2O5/c1-19-13(16)9-2-4-10(5-3-9)20-12-6-7-14-8-11(12)15(17)18/h2-8H,1H3. The highest BCUT2D eigenvalue weighted by atomic mass is 16.6. The van der Waals surface area contributed by atoms with E-state index in [9.17, 15) is 14.9 Å². The zero-order valence-corrected chi connectivity index (χ0v) is 10.5. The predicted molar refractivity (Wildman–Crippen MR) is 68.7 cm³/mol.